The van der Waals surface area contributed by atoms with Crippen LogP contribution in [0.15, 0.2) is 36.5 Å². The lowest BCUT2D eigenvalue weighted by molar-refractivity contribution is 0.224. The summed E-state index contributed by atoms with van der Waals surface area (Å²) in [5, 5.41) is 1.40. The number of aryl methyl sites for hydroxylation is 1. The topological polar surface area (TPSA) is 31.9 Å². The molecule has 3 heteroatoms. The molecule has 2 bridgehead atoms. The minimum absolute atomic E-state index is 0.587. The van der Waals surface area contributed by atoms with E-state index in [1.165, 1.54) is 46.1 Å². The van der Waals surface area contributed by atoms with Gasteiger partial charge in [-0.25, -0.2) is 0 Å². The van der Waals surface area contributed by atoms with Gasteiger partial charge in [0.15, 0.2) is 0 Å². The predicted molar refractivity (Wildman–Crippen MR) is 93.5 cm³/mol. The number of aromatic nitrogens is 2. The zero-order valence-corrected chi connectivity index (χ0v) is 13.6. The number of likely N-dealkylation sites (N-methyl/N-ethyl adjacent to an activating group) is 1. The molecule has 23 heavy (non-hydrogen) atoms. The van der Waals surface area contributed by atoms with Crippen molar-refractivity contribution in [2.75, 3.05) is 7.05 Å². The first-order chi connectivity index (χ1) is 11.2. The van der Waals surface area contributed by atoms with Crippen molar-refractivity contribution in [3.63, 3.8) is 0 Å². The molecular formula is C20H21N3. The number of para-hydroxylation sites is 1. The molecule has 1 N–H and O–H groups in total. The van der Waals surface area contributed by atoms with E-state index in [4.69, 9.17) is 0 Å². The second-order valence-electron chi connectivity index (χ2n) is 7.05. The van der Waals surface area contributed by atoms with E-state index < -0.39 is 0 Å². The highest BCUT2D eigenvalue weighted by Gasteiger charge is 2.39. The molecule has 0 amide bonds. The van der Waals surface area contributed by atoms with E-state index in [-0.39, 0.29) is 0 Å². The summed E-state index contributed by atoms with van der Waals surface area (Å²) in [6.45, 7) is 2.03. The average Bonchev–Trinajstić information content (AvgIpc) is 3.03. The maximum absolute atomic E-state index is 4.47. The van der Waals surface area contributed by atoms with E-state index in [1.54, 1.807) is 0 Å². The molecule has 1 fully saturated rings. The molecule has 0 spiro atoms. The van der Waals surface area contributed by atoms with Gasteiger partial charge in [0, 0.05) is 52.6 Å². The highest BCUT2D eigenvalue weighted by Crippen LogP contribution is 2.46. The minimum atomic E-state index is 0.587. The van der Waals surface area contributed by atoms with Crippen molar-refractivity contribution in [1.82, 2.24) is 14.9 Å². The third-order valence-electron chi connectivity index (χ3n) is 5.79. The smallest absolute Gasteiger partial charge is 0.0539 e. The van der Waals surface area contributed by atoms with Crippen molar-refractivity contribution in [2.24, 2.45) is 0 Å². The highest BCUT2D eigenvalue weighted by atomic mass is 15.2. The van der Waals surface area contributed by atoms with E-state index in [2.05, 4.69) is 52.2 Å². The molecule has 2 atom stereocenters. The SMILES string of the molecule is Cc1ccc(-c2cccc3c4c([nH]c23)CC2CCC4N2C)cn1. The Morgan fingerprint density at radius 1 is 1.17 bits per heavy atom. The fraction of sp³-hybridized carbons (Fsp3) is 0.350. The number of hydrogen-bond donors (Lipinski definition) is 1. The van der Waals surface area contributed by atoms with Gasteiger partial charge in [-0.2, -0.15) is 0 Å². The third kappa shape index (κ3) is 1.83. The monoisotopic (exact) mass is 303 g/mol. The third-order valence-corrected chi connectivity index (χ3v) is 5.79. The van der Waals surface area contributed by atoms with Crippen molar-refractivity contribution in [2.45, 2.75) is 38.3 Å². The standard InChI is InChI=1S/C20H21N3/c1-12-6-7-13(11-21-12)15-4-3-5-16-19-17(22-20(15)16)10-14-8-9-18(19)23(14)2/h3-7,11,14,18,22H,8-10H2,1-2H3. The van der Waals surface area contributed by atoms with Crippen molar-refractivity contribution in [3.8, 4) is 11.1 Å². The summed E-state index contributed by atoms with van der Waals surface area (Å²) in [7, 11) is 2.29. The highest BCUT2D eigenvalue weighted by molar-refractivity contribution is 5.97. The summed E-state index contributed by atoms with van der Waals surface area (Å²) in [4.78, 5) is 10.8. The van der Waals surface area contributed by atoms with Crippen molar-refractivity contribution >= 4 is 10.9 Å². The summed E-state index contributed by atoms with van der Waals surface area (Å²) < 4.78 is 0. The van der Waals surface area contributed by atoms with Gasteiger partial charge in [-0.05, 0) is 38.4 Å². The van der Waals surface area contributed by atoms with Gasteiger partial charge in [-0.3, -0.25) is 9.88 Å². The molecule has 2 unspecified atom stereocenters. The quantitative estimate of drug-likeness (QED) is 0.729. The second kappa shape index (κ2) is 4.68. The fourth-order valence-corrected chi connectivity index (χ4v) is 4.54. The summed E-state index contributed by atoms with van der Waals surface area (Å²) >= 11 is 0. The minimum Gasteiger partial charge on any atom is -0.358 e. The first kappa shape index (κ1) is 13.3. The van der Waals surface area contributed by atoms with E-state index in [0.717, 1.165) is 12.1 Å². The van der Waals surface area contributed by atoms with E-state index in [1.807, 2.05) is 13.1 Å². The molecule has 116 valence electrons. The van der Waals surface area contributed by atoms with Gasteiger partial charge in [0.1, 0.15) is 0 Å². The van der Waals surface area contributed by atoms with Crippen LogP contribution in [0.25, 0.3) is 22.0 Å². The number of benzene rings is 1. The van der Waals surface area contributed by atoms with Gasteiger partial charge in [-0.15, -0.1) is 0 Å². The Morgan fingerprint density at radius 2 is 2.09 bits per heavy atom. The molecule has 2 aliphatic rings. The van der Waals surface area contributed by atoms with Gasteiger partial charge in [0.25, 0.3) is 0 Å². The Balaban J connectivity index is 1.74. The van der Waals surface area contributed by atoms with Crippen LogP contribution < -0.4 is 0 Å². The lowest BCUT2D eigenvalue weighted by Gasteiger charge is -2.31. The van der Waals surface area contributed by atoms with Gasteiger partial charge in [-0.1, -0.05) is 24.3 Å². The molecule has 3 aromatic rings. The molecule has 0 saturated carbocycles. The zero-order chi connectivity index (χ0) is 15.6. The Hall–Kier alpha value is -2.13. The normalized spacial score (nSPS) is 23.4. The molecule has 4 heterocycles. The van der Waals surface area contributed by atoms with E-state index in [9.17, 15) is 0 Å². The van der Waals surface area contributed by atoms with Crippen LogP contribution in [0.3, 0.4) is 0 Å². The number of aromatic amines is 1. The molecule has 0 radical (unpaired) electrons. The van der Waals surface area contributed by atoms with Crippen molar-refractivity contribution < 1.29 is 0 Å². The Morgan fingerprint density at radius 3 is 2.91 bits per heavy atom. The first-order valence-corrected chi connectivity index (χ1v) is 8.51. The van der Waals surface area contributed by atoms with E-state index in [0.29, 0.717) is 12.1 Å². The number of nitrogens with zero attached hydrogens (tertiary/aromatic N) is 2. The summed E-state index contributed by atoms with van der Waals surface area (Å²) in [6, 6.07) is 12.2. The van der Waals surface area contributed by atoms with Crippen LogP contribution in [-0.2, 0) is 6.42 Å². The molecule has 1 saturated heterocycles. The molecule has 0 aliphatic carbocycles. The van der Waals surface area contributed by atoms with Gasteiger partial charge in [0.2, 0.25) is 0 Å². The van der Waals surface area contributed by atoms with Crippen molar-refractivity contribution in [1.29, 1.82) is 0 Å². The van der Waals surface area contributed by atoms with Crippen LogP contribution in [0.1, 0.15) is 35.8 Å². The largest absolute Gasteiger partial charge is 0.358 e. The van der Waals surface area contributed by atoms with Crippen LogP contribution >= 0.6 is 0 Å². The predicted octanol–water partition coefficient (Wildman–Crippen LogP) is 4.23. The summed E-state index contributed by atoms with van der Waals surface area (Å²) in [5.74, 6) is 0. The number of hydrogen-bond acceptors (Lipinski definition) is 2. The summed E-state index contributed by atoms with van der Waals surface area (Å²) in [6.07, 6.45) is 5.76. The molecule has 5 rings (SSSR count). The van der Waals surface area contributed by atoms with Crippen LogP contribution in [0.4, 0.5) is 0 Å². The number of nitrogens with one attached hydrogen (secondary N) is 1. The number of pyridine rings is 1. The lowest BCUT2D eigenvalue weighted by atomic mass is 9.96. The second-order valence-corrected chi connectivity index (χ2v) is 7.05. The number of fused-ring (bicyclic) bond motifs is 6. The van der Waals surface area contributed by atoms with Crippen LogP contribution in [-0.4, -0.2) is 28.0 Å². The molecule has 2 aromatic heterocycles. The average molecular weight is 303 g/mol. The molecule has 1 aromatic carbocycles. The Kier molecular flexibility index (Phi) is 2.71. The summed E-state index contributed by atoms with van der Waals surface area (Å²) in [5.41, 5.74) is 7.80. The first-order valence-electron chi connectivity index (χ1n) is 8.51. The van der Waals surface area contributed by atoms with Gasteiger partial charge < -0.3 is 4.98 Å². The van der Waals surface area contributed by atoms with Gasteiger partial charge in [0.05, 0.1) is 5.52 Å². The molecular weight excluding hydrogens is 282 g/mol. The Bertz CT molecular complexity index is 891. The van der Waals surface area contributed by atoms with E-state index >= 15 is 0 Å². The fourth-order valence-electron chi connectivity index (χ4n) is 4.54. The van der Waals surface area contributed by atoms with Crippen LogP contribution in [0.2, 0.25) is 0 Å². The van der Waals surface area contributed by atoms with Crippen LogP contribution in [0, 0.1) is 6.92 Å². The molecule has 3 nitrogen and oxygen atoms in total. The van der Waals surface area contributed by atoms with Gasteiger partial charge >= 0.3 is 0 Å². The van der Waals surface area contributed by atoms with Crippen LogP contribution in [0.5, 0.6) is 0 Å². The number of H-pyrrole nitrogens is 1. The maximum atomic E-state index is 4.47. The lowest BCUT2D eigenvalue weighted by Crippen LogP contribution is -2.33. The number of rotatable bonds is 1. The van der Waals surface area contributed by atoms with Crippen molar-refractivity contribution in [3.05, 3.63) is 53.5 Å². The zero-order valence-electron chi connectivity index (χ0n) is 13.6. The Labute approximate surface area is 136 Å². The maximum Gasteiger partial charge on any atom is 0.0539 e. The molecule has 2 aliphatic heterocycles.